The first kappa shape index (κ1) is 16.8. The monoisotopic (exact) mass is 400 g/mol. The third-order valence-corrected chi connectivity index (χ3v) is 4.75. The maximum Gasteiger partial charge on any atom is 0.206 e. The Morgan fingerprint density at radius 1 is 1.17 bits per heavy atom. The van der Waals surface area contributed by atoms with Crippen molar-refractivity contribution in [3.63, 3.8) is 0 Å². The quantitative estimate of drug-likeness (QED) is 0.591. The molecule has 3 rings (SSSR count). The highest BCUT2D eigenvalue weighted by Gasteiger charge is 2.10. The van der Waals surface area contributed by atoms with Crippen molar-refractivity contribution in [2.24, 2.45) is 10.1 Å². The molecular formula is C18H17BrN4S. The molecule has 0 atom stereocenters. The van der Waals surface area contributed by atoms with Gasteiger partial charge in [0.05, 0.1) is 11.9 Å². The summed E-state index contributed by atoms with van der Waals surface area (Å²) in [6.45, 7) is 4.13. The first-order chi connectivity index (χ1) is 11.6. The average molecular weight is 401 g/mol. The molecule has 0 radical (unpaired) electrons. The van der Waals surface area contributed by atoms with Crippen molar-refractivity contribution in [1.82, 2.24) is 9.66 Å². The van der Waals surface area contributed by atoms with Crippen LogP contribution in [0, 0.1) is 0 Å². The maximum absolute atomic E-state index is 4.69. The van der Waals surface area contributed by atoms with E-state index in [0.29, 0.717) is 0 Å². The van der Waals surface area contributed by atoms with Crippen LogP contribution < -0.4 is 4.80 Å². The van der Waals surface area contributed by atoms with Gasteiger partial charge in [-0.2, -0.15) is 5.10 Å². The number of nitrogens with zero attached hydrogens (tertiary/aromatic N) is 4. The van der Waals surface area contributed by atoms with E-state index in [1.165, 1.54) is 0 Å². The lowest BCUT2D eigenvalue weighted by Crippen LogP contribution is -2.14. The SMILES string of the molecule is CC(C)N=c1scc(-c2ccccc2Br)n1/N=C/c1ccncc1. The molecule has 0 aliphatic heterocycles. The molecule has 0 fully saturated rings. The number of hydrogen-bond acceptors (Lipinski definition) is 4. The molecule has 0 aliphatic rings. The lowest BCUT2D eigenvalue weighted by molar-refractivity contribution is 0.754. The fraction of sp³-hybridized carbons (Fsp3) is 0.167. The van der Waals surface area contributed by atoms with Gasteiger partial charge in [-0.25, -0.2) is 4.68 Å². The number of halogens is 1. The second-order valence-electron chi connectivity index (χ2n) is 5.44. The average Bonchev–Trinajstić information content (AvgIpc) is 2.96. The number of pyridine rings is 1. The van der Waals surface area contributed by atoms with E-state index in [0.717, 1.165) is 26.1 Å². The molecule has 0 spiro atoms. The summed E-state index contributed by atoms with van der Waals surface area (Å²) in [4.78, 5) is 9.60. The standard InChI is InChI=1S/C18H17BrN4S/c1-13(2)22-18-23(21-11-14-7-9-20-10-8-14)17(12-24-18)15-5-3-4-6-16(15)19/h3-13H,1-2H3/b21-11+,22-18?. The minimum atomic E-state index is 0.207. The van der Waals surface area contributed by atoms with Gasteiger partial charge >= 0.3 is 0 Å². The van der Waals surface area contributed by atoms with Crippen molar-refractivity contribution in [2.45, 2.75) is 19.9 Å². The molecule has 122 valence electrons. The Bertz CT molecular complexity index is 910. The number of benzene rings is 1. The molecule has 1 aromatic carbocycles. The molecular weight excluding hydrogens is 384 g/mol. The van der Waals surface area contributed by atoms with Crippen LogP contribution in [0.2, 0.25) is 0 Å². The van der Waals surface area contributed by atoms with Gasteiger partial charge in [0.25, 0.3) is 0 Å². The fourth-order valence-electron chi connectivity index (χ4n) is 2.15. The minimum absolute atomic E-state index is 0.207. The molecule has 0 saturated carbocycles. The summed E-state index contributed by atoms with van der Waals surface area (Å²) in [5.41, 5.74) is 3.10. The Morgan fingerprint density at radius 2 is 1.92 bits per heavy atom. The molecule has 0 amide bonds. The summed E-state index contributed by atoms with van der Waals surface area (Å²) >= 11 is 5.22. The van der Waals surface area contributed by atoms with Crippen molar-refractivity contribution in [2.75, 3.05) is 0 Å². The lowest BCUT2D eigenvalue weighted by atomic mass is 10.2. The topological polar surface area (TPSA) is 42.5 Å². The van der Waals surface area contributed by atoms with Gasteiger partial charge in [0.15, 0.2) is 0 Å². The van der Waals surface area contributed by atoms with Gasteiger partial charge < -0.3 is 0 Å². The Hall–Kier alpha value is -2.05. The molecule has 3 aromatic rings. The smallest absolute Gasteiger partial charge is 0.206 e. The third-order valence-electron chi connectivity index (χ3n) is 3.23. The molecule has 24 heavy (non-hydrogen) atoms. The number of hydrogen-bond donors (Lipinski definition) is 0. The van der Waals surface area contributed by atoms with Crippen LogP contribution in [-0.2, 0) is 0 Å². The van der Waals surface area contributed by atoms with E-state index in [1.54, 1.807) is 23.7 Å². The largest absolute Gasteiger partial charge is 0.265 e. The van der Waals surface area contributed by atoms with Crippen LogP contribution in [-0.4, -0.2) is 21.9 Å². The molecule has 0 unspecified atom stereocenters. The van der Waals surface area contributed by atoms with Crippen molar-refractivity contribution >= 4 is 33.5 Å². The summed E-state index contributed by atoms with van der Waals surface area (Å²) in [6, 6.07) is 12.2. The summed E-state index contributed by atoms with van der Waals surface area (Å²) in [6.07, 6.45) is 5.34. The molecule has 2 heterocycles. The maximum atomic E-state index is 4.69. The Kier molecular flexibility index (Phi) is 5.37. The van der Waals surface area contributed by atoms with Crippen molar-refractivity contribution in [3.8, 4) is 11.3 Å². The predicted octanol–water partition coefficient (Wildman–Crippen LogP) is 4.57. The fourth-order valence-corrected chi connectivity index (χ4v) is 3.60. The molecule has 0 saturated heterocycles. The van der Waals surface area contributed by atoms with Gasteiger partial charge in [0.2, 0.25) is 4.80 Å². The zero-order valence-corrected chi connectivity index (χ0v) is 15.8. The first-order valence-electron chi connectivity index (χ1n) is 7.59. The minimum Gasteiger partial charge on any atom is -0.265 e. The van der Waals surface area contributed by atoms with Gasteiger partial charge in [-0.15, -0.1) is 11.3 Å². The zero-order valence-electron chi connectivity index (χ0n) is 13.4. The Balaban J connectivity index is 2.13. The predicted molar refractivity (Wildman–Crippen MR) is 103 cm³/mol. The summed E-state index contributed by atoms with van der Waals surface area (Å²) < 4.78 is 2.93. The Morgan fingerprint density at radius 3 is 2.62 bits per heavy atom. The van der Waals surface area contributed by atoms with E-state index in [2.05, 4.69) is 56.3 Å². The van der Waals surface area contributed by atoms with Crippen molar-refractivity contribution in [1.29, 1.82) is 0 Å². The second-order valence-corrected chi connectivity index (χ2v) is 7.13. The van der Waals surface area contributed by atoms with Gasteiger partial charge in [0, 0.05) is 33.9 Å². The van der Waals surface area contributed by atoms with E-state index < -0.39 is 0 Å². The highest BCUT2D eigenvalue weighted by Crippen LogP contribution is 2.28. The third kappa shape index (κ3) is 3.88. The number of thiazole rings is 1. The Labute approximate surface area is 153 Å². The van der Waals surface area contributed by atoms with E-state index >= 15 is 0 Å². The molecule has 0 aliphatic carbocycles. The van der Waals surface area contributed by atoms with Crippen LogP contribution in [0.15, 0.2) is 68.7 Å². The molecule has 2 aromatic heterocycles. The molecule has 6 heteroatoms. The molecule has 0 bridgehead atoms. The van der Waals surface area contributed by atoms with E-state index in [-0.39, 0.29) is 6.04 Å². The van der Waals surface area contributed by atoms with Crippen LogP contribution >= 0.6 is 27.3 Å². The van der Waals surface area contributed by atoms with E-state index in [4.69, 9.17) is 0 Å². The van der Waals surface area contributed by atoms with Gasteiger partial charge in [-0.1, -0.05) is 34.1 Å². The van der Waals surface area contributed by atoms with Crippen LogP contribution in [0.3, 0.4) is 0 Å². The lowest BCUT2D eigenvalue weighted by Gasteiger charge is -2.06. The number of aromatic nitrogens is 2. The van der Waals surface area contributed by atoms with Gasteiger partial charge in [-0.05, 0) is 37.6 Å². The van der Waals surface area contributed by atoms with Crippen molar-refractivity contribution in [3.05, 3.63) is 69.0 Å². The van der Waals surface area contributed by atoms with E-state index in [1.807, 2.05) is 41.2 Å². The highest BCUT2D eigenvalue weighted by molar-refractivity contribution is 9.10. The zero-order chi connectivity index (χ0) is 16.9. The van der Waals surface area contributed by atoms with Crippen molar-refractivity contribution < 1.29 is 0 Å². The van der Waals surface area contributed by atoms with E-state index in [9.17, 15) is 0 Å². The van der Waals surface area contributed by atoms with Gasteiger partial charge in [0.1, 0.15) is 0 Å². The number of rotatable bonds is 4. The van der Waals surface area contributed by atoms with Crippen LogP contribution in [0.1, 0.15) is 19.4 Å². The normalized spacial score (nSPS) is 12.4. The molecule has 0 N–H and O–H groups in total. The highest BCUT2D eigenvalue weighted by atomic mass is 79.9. The summed E-state index contributed by atoms with van der Waals surface area (Å²) in [5.74, 6) is 0. The summed E-state index contributed by atoms with van der Waals surface area (Å²) in [5, 5.41) is 6.76. The van der Waals surface area contributed by atoms with Gasteiger partial charge in [-0.3, -0.25) is 9.98 Å². The first-order valence-corrected chi connectivity index (χ1v) is 9.26. The second kappa shape index (κ2) is 7.68. The van der Waals surface area contributed by atoms with Crippen LogP contribution in [0.5, 0.6) is 0 Å². The van der Waals surface area contributed by atoms with Crippen LogP contribution in [0.25, 0.3) is 11.3 Å². The van der Waals surface area contributed by atoms with Crippen LogP contribution in [0.4, 0.5) is 0 Å². The molecule has 4 nitrogen and oxygen atoms in total. The summed E-state index contributed by atoms with van der Waals surface area (Å²) in [7, 11) is 0.